The van der Waals surface area contributed by atoms with E-state index in [0.717, 1.165) is 22.8 Å². The molecule has 0 aromatic carbocycles. The number of hydrogen-bond acceptors (Lipinski definition) is 4. The molecule has 4 heterocycles. The van der Waals surface area contributed by atoms with Gasteiger partial charge in [0.15, 0.2) is 0 Å². The van der Waals surface area contributed by atoms with Gasteiger partial charge in [0.25, 0.3) is 0 Å². The number of nitrogens with zero attached hydrogens (tertiary/aromatic N) is 6. The third-order valence-electron chi connectivity index (χ3n) is 6.74. The van der Waals surface area contributed by atoms with Crippen LogP contribution in [0.25, 0.3) is 0 Å². The first kappa shape index (κ1) is 35.3. The van der Waals surface area contributed by atoms with Crippen LogP contribution in [0.3, 0.4) is 0 Å². The van der Waals surface area contributed by atoms with Gasteiger partial charge in [-0.25, -0.2) is 15.0 Å². The van der Waals surface area contributed by atoms with Crippen molar-refractivity contribution in [2.75, 3.05) is 0 Å². The third-order valence-corrected chi connectivity index (χ3v) is 6.74. The minimum Gasteiger partial charge on any atom is -0.335 e. The second-order valence-corrected chi connectivity index (χ2v) is 11.6. The molecule has 0 atom stereocenters. The summed E-state index contributed by atoms with van der Waals surface area (Å²) in [5, 5.41) is 4.15. The normalized spacial score (nSPS) is 14.1. The Balaban J connectivity index is 0.000000276. The maximum absolute atomic E-state index is 4.38. The molecule has 4 rings (SSSR count). The summed E-state index contributed by atoms with van der Waals surface area (Å²) in [5.41, 5.74) is 16.1. The Labute approximate surface area is 249 Å². The standard InChI is InChI=1S/C11H15N.C10H13N.C8H14N2.C6H10N2/c1-6-10-8(4)11(7(2)3)9(5)12-10;1-5-9-6-8(4)10(11-9)7(2)3;1-6(2)8-7(3)5-9-10(8)4;1-6(2)8-4-3-7-5-8/h7H,1H2,2-5H3;6-7H,1H2,2-4H3;5-6H,1-4H3;3-6H,1-2H3. The van der Waals surface area contributed by atoms with E-state index in [4.69, 9.17) is 0 Å². The number of aliphatic imine (C=N–C) groups is 2. The summed E-state index contributed by atoms with van der Waals surface area (Å²) in [6.45, 7) is 32.8. The first-order valence-corrected chi connectivity index (χ1v) is 14.5. The Morgan fingerprint density at radius 3 is 1.71 bits per heavy atom. The van der Waals surface area contributed by atoms with Crippen LogP contribution >= 0.6 is 0 Å². The van der Waals surface area contributed by atoms with Crippen LogP contribution < -0.4 is 0 Å². The summed E-state index contributed by atoms with van der Waals surface area (Å²) in [4.78, 5) is 12.6. The molecule has 2 aliphatic heterocycles. The highest BCUT2D eigenvalue weighted by atomic mass is 15.3. The van der Waals surface area contributed by atoms with E-state index < -0.39 is 0 Å². The lowest BCUT2D eigenvalue weighted by Crippen LogP contribution is -2.05. The summed E-state index contributed by atoms with van der Waals surface area (Å²) >= 11 is 0. The van der Waals surface area contributed by atoms with Gasteiger partial charge >= 0.3 is 0 Å². The van der Waals surface area contributed by atoms with Gasteiger partial charge in [-0.2, -0.15) is 5.10 Å². The van der Waals surface area contributed by atoms with Crippen LogP contribution in [0, 0.1) is 18.8 Å². The first-order chi connectivity index (χ1) is 19.2. The SMILES string of the molecule is C=C=C1C=C(C)C(C(C)C)=N1.C=C=C1N=C(C)C(C(C)C)=C1C.CC(C)n1ccnc1.Cc1cnn(C)c1C(C)C. The maximum Gasteiger partial charge on any atom is 0.108 e. The molecular weight excluding hydrogens is 504 g/mol. The van der Waals surface area contributed by atoms with Crippen LogP contribution in [0.1, 0.15) is 99.4 Å². The Hall–Kier alpha value is -3.72. The summed E-state index contributed by atoms with van der Waals surface area (Å²) in [6.07, 6.45) is 9.51. The van der Waals surface area contributed by atoms with Crippen molar-refractivity contribution in [2.24, 2.45) is 28.9 Å². The number of aryl methyl sites for hydroxylation is 2. The second kappa shape index (κ2) is 16.5. The molecule has 6 heteroatoms. The molecule has 0 amide bonds. The number of allylic oxidation sites excluding steroid dienone is 4. The van der Waals surface area contributed by atoms with Gasteiger partial charge in [-0.3, -0.25) is 4.68 Å². The Morgan fingerprint density at radius 1 is 0.829 bits per heavy atom. The summed E-state index contributed by atoms with van der Waals surface area (Å²) < 4.78 is 4.00. The minimum absolute atomic E-state index is 0.497. The van der Waals surface area contributed by atoms with Gasteiger partial charge in [0.2, 0.25) is 0 Å². The Bertz CT molecular complexity index is 1350. The lowest BCUT2D eigenvalue weighted by molar-refractivity contribution is 0.600. The van der Waals surface area contributed by atoms with Gasteiger partial charge in [0.05, 0.1) is 12.5 Å². The van der Waals surface area contributed by atoms with E-state index >= 15 is 0 Å². The van der Waals surface area contributed by atoms with Crippen LogP contribution in [0.5, 0.6) is 0 Å². The molecular formula is C35H52N6. The highest BCUT2D eigenvalue weighted by molar-refractivity contribution is 6.04. The zero-order valence-corrected chi connectivity index (χ0v) is 27.8. The summed E-state index contributed by atoms with van der Waals surface area (Å²) in [5.74, 6) is 1.61. The number of rotatable bonds is 4. The van der Waals surface area contributed by atoms with Crippen molar-refractivity contribution in [2.45, 2.75) is 95.0 Å². The quantitative estimate of drug-likeness (QED) is 0.353. The topological polar surface area (TPSA) is 60.4 Å². The van der Waals surface area contributed by atoms with Gasteiger partial charge in [-0.1, -0.05) is 54.7 Å². The van der Waals surface area contributed by atoms with Crippen molar-refractivity contribution in [3.63, 3.8) is 0 Å². The highest BCUT2D eigenvalue weighted by Gasteiger charge is 2.19. The highest BCUT2D eigenvalue weighted by Crippen LogP contribution is 2.28. The predicted octanol–water partition coefficient (Wildman–Crippen LogP) is 9.13. The van der Waals surface area contributed by atoms with Crippen LogP contribution in [0.15, 0.2) is 93.7 Å². The average molecular weight is 557 g/mol. The molecule has 0 unspecified atom stereocenters. The minimum atomic E-state index is 0.497. The van der Waals surface area contributed by atoms with E-state index in [-0.39, 0.29) is 0 Å². The molecule has 0 radical (unpaired) electrons. The molecule has 222 valence electrons. The fraction of sp³-hybridized carbons (Fsp3) is 0.486. The van der Waals surface area contributed by atoms with Crippen molar-refractivity contribution in [1.82, 2.24) is 19.3 Å². The predicted molar refractivity (Wildman–Crippen MR) is 177 cm³/mol. The lowest BCUT2D eigenvalue weighted by atomic mass is 9.96. The maximum atomic E-state index is 4.38. The van der Waals surface area contributed by atoms with Gasteiger partial charge in [-0.05, 0) is 87.7 Å². The number of imidazole rings is 1. The van der Waals surface area contributed by atoms with Crippen LogP contribution in [0.4, 0.5) is 0 Å². The van der Waals surface area contributed by atoms with Crippen molar-refractivity contribution in [3.8, 4) is 0 Å². The van der Waals surface area contributed by atoms with Crippen molar-refractivity contribution >= 4 is 11.4 Å². The molecule has 0 bridgehead atoms. The average Bonchev–Trinajstić information content (AvgIpc) is 3.67. The fourth-order valence-corrected chi connectivity index (χ4v) is 4.90. The zero-order chi connectivity index (χ0) is 31.4. The second-order valence-electron chi connectivity index (χ2n) is 11.6. The first-order valence-electron chi connectivity index (χ1n) is 14.5. The Kier molecular flexibility index (Phi) is 14.2. The molecule has 0 spiro atoms. The molecule has 2 aromatic rings. The van der Waals surface area contributed by atoms with E-state index in [9.17, 15) is 0 Å². The van der Waals surface area contributed by atoms with E-state index in [1.54, 1.807) is 6.20 Å². The monoisotopic (exact) mass is 556 g/mol. The third kappa shape index (κ3) is 10.3. The molecule has 0 fully saturated rings. The van der Waals surface area contributed by atoms with E-state index in [0.29, 0.717) is 23.8 Å². The van der Waals surface area contributed by atoms with Gasteiger partial charge in [0, 0.05) is 42.6 Å². The van der Waals surface area contributed by atoms with Crippen LogP contribution in [-0.2, 0) is 7.05 Å². The fourth-order valence-electron chi connectivity index (χ4n) is 4.90. The van der Waals surface area contributed by atoms with Gasteiger partial charge < -0.3 is 4.57 Å². The van der Waals surface area contributed by atoms with E-state index in [1.807, 2.05) is 43.5 Å². The molecule has 2 aliphatic rings. The van der Waals surface area contributed by atoms with Gasteiger partial charge in [0.1, 0.15) is 11.4 Å². The van der Waals surface area contributed by atoms with Gasteiger partial charge in [-0.15, -0.1) is 11.5 Å². The molecule has 0 saturated heterocycles. The molecule has 6 nitrogen and oxygen atoms in total. The summed E-state index contributed by atoms with van der Waals surface area (Å²) in [6, 6.07) is 0.539. The van der Waals surface area contributed by atoms with E-state index in [1.165, 1.54) is 28.0 Å². The molecule has 2 aromatic heterocycles. The zero-order valence-electron chi connectivity index (χ0n) is 27.8. The van der Waals surface area contributed by atoms with Crippen molar-refractivity contribution in [1.29, 1.82) is 0 Å². The summed E-state index contributed by atoms with van der Waals surface area (Å²) in [7, 11) is 1.99. The van der Waals surface area contributed by atoms with Crippen LogP contribution in [-0.4, -0.2) is 30.8 Å². The van der Waals surface area contributed by atoms with E-state index in [2.05, 4.69) is 125 Å². The molecule has 0 N–H and O–H groups in total. The molecule has 0 saturated carbocycles. The van der Waals surface area contributed by atoms with Crippen LogP contribution in [0.2, 0.25) is 0 Å². The lowest BCUT2D eigenvalue weighted by Gasteiger charge is -2.07. The van der Waals surface area contributed by atoms with Crippen molar-refractivity contribution < 1.29 is 0 Å². The largest absolute Gasteiger partial charge is 0.335 e. The number of hydrogen-bond donors (Lipinski definition) is 0. The molecule has 0 aliphatic carbocycles. The smallest absolute Gasteiger partial charge is 0.108 e. The Morgan fingerprint density at radius 2 is 1.46 bits per heavy atom. The molecule has 41 heavy (non-hydrogen) atoms. The number of aromatic nitrogens is 4. The van der Waals surface area contributed by atoms with Crippen molar-refractivity contribution in [3.05, 3.63) is 95.0 Å².